The van der Waals surface area contributed by atoms with Crippen molar-refractivity contribution in [1.29, 1.82) is 0 Å². The molecule has 4 fully saturated rings. The summed E-state index contributed by atoms with van der Waals surface area (Å²) < 4.78 is 0. The number of rotatable bonds is 5. The molecule has 6 aliphatic rings. The third-order valence-electron chi connectivity index (χ3n) is 13.5. The zero-order valence-corrected chi connectivity index (χ0v) is 24.6. The number of aryl methyl sites for hydroxylation is 1. The van der Waals surface area contributed by atoms with Gasteiger partial charge >= 0.3 is 0 Å². The van der Waals surface area contributed by atoms with E-state index in [1.807, 2.05) is 0 Å². The second-order valence-electron chi connectivity index (χ2n) is 14.8. The number of benzene rings is 1. The van der Waals surface area contributed by atoms with Crippen LogP contribution in [0.3, 0.4) is 0 Å². The summed E-state index contributed by atoms with van der Waals surface area (Å²) in [5, 5.41) is 13.4. The Morgan fingerprint density at radius 2 is 1.79 bits per heavy atom. The predicted octanol–water partition coefficient (Wildman–Crippen LogP) is 9.54. The third kappa shape index (κ3) is 3.54. The summed E-state index contributed by atoms with van der Waals surface area (Å²) in [6, 6.07) is 11.0. The fourth-order valence-corrected chi connectivity index (χ4v) is 11.7. The van der Waals surface area contributed by atoms with Crippen LogP contribution < -0.4 is 0 Å². The molecule has 0 aliphatic heterocycles. The van der Waals surface area contributed by atoms with E-state index < -0.39 is 5.60 Å². The molecule has 0 aromatic heterocycles. The Hall–Kier alpha value is -1.86. The number of aliphatic hydroxyl groups is 1. The Labute approximate surface area is 237 Å². The van der Waals surface area contributed by atoms with Crippen molar-refractivity contribution in [2.45, 2.75) is 109 Å². The summed E-state index contributed by atoms with van der Waals surface area (Å²) in [6.45, 7) is 9.00. The fourth-order valence-electron chi connectivity index (χ4n) is 11.7. The standard InChI is InChI=1S/C38H50O/c1-27(2)30-16-24-36-21-9-12-32-33(18-25-37(32,36)23-15-28(3)34(36)26-30)38(39)31(14-13-29-10-5-4-6-11-29)17-22-35(38)19-7-8-20-35/h4-6,9-12,15,23,30-33,39H,1,7-8,13-14,16-22,24-26H2,2-3H3/t30-,31-,32+,33+,36+,37+,38-/m1/s1. The first-order chi connectivity index (χ1) is 18.9. The molecule has 1 aromatic rings. The molecular formula is C38H50O. The number of hydrogen-bond donors (Lipinski definition) is 1. The lowest BCUT2D eigenvalue weighted by Gasteiger charge is -2.60. The van der Waals surface area contributed by atoms with Gasteiger partial charge in [-0.25, -0.2) is 0 Å². The van der Waals surface area contributed by atoms with Crippen molar-refractivity contribution in [2.24, 2.45) is 39.9 Å². The Morgan fingerprint density at radius 3 is 2.56 bits per heavy atom. The van der Waals surface area contributed by atoms with Crippen LogP contribution in [0.4, 0.5) is 0 Å². The van der Waals surface area contributed by atoms with E-state index in [0.29, 0.717) is 23.7 Å². The van der Waals surface area contributed by atoms with Gasteiger partial charge in [0.2, 0.25) is 0 Å². The van der Waals surface area contributed by atoms with Crippen LogP contribution in [-0.4, -0.2) is 10.7 Å². The quantitative estimate of drug-likeness (QED) is 0.382. The molecule has 0 heterocycles. The summed E-state index contributed by atoms with van der Waals surface area (Å²) in [6.07, 6.45) is 27.6. The molecule has 7 rings (SSSR count). The molecule has 0 amide bonds. The second-order valence-corrected chi connectivity index (χ2v) is 14.8. The van der Waals surface area contributed by atoms with Crippen LogP contribution in [0.2, 0.25) is 0 Å². The Kier molecular flexibility index (Phi) is 6.24. The van der Waals surface area contributed by atoms with Crippen LogP contribution in [0.1, 0.15) is 103 Å². The highest BCUT2D eigenvalue weighted by Crippen LogP contribution is 2.75. The number of allylic oxidation sites excluding steroid dienone is 7. The smallest absolute Gasteiger partial charge is 0.0765 e. The molecule has 1 heteroatoms. The highest BCUT2D eigenvalue weighted by atomic mass is 16.3. The van der Waals surface area contributed by atoms with Crippen LogP contribution in [0, 0.1) is 39.9 Å². The lowest BCUT2D eigenvalue weighted by molar-refractivity contribution is -0.148. The van der Waals surface area contributed by atoms with Crippen molar-refractivity contribution < 1.29 is 5.11 Å². The summed E-state index contributed by atoms with van der Waals surface area (Å²) in [7, 11) is 0. The van der Waals surface area contributed by atoms with E-state index >= 15 is 0 Å². The molecule has 4 saturated carbocycles. The summed E-state index contributed by atoms with van der Waals surface area (Å²) in [5.41, 5.74) is 6.12. The van der Waals surface area contributed by atoms with E-state index in [9.17, 15) is 5.11 Å². The van der Waals surface area contributed by atoms with Gasteiger partial charge in [-0.15, -0.1) is 0 Å². The highest BCUT2D eigenvalue weighted by Gasteiger charge is 2.70. The van der Waals surface area contributed by atoms with E-state index in [-0.39, 0.29) is 16.2 Å². The van der Waals surface area contributed by atoms with Crippen LogP contribution in [0.15, 0.2) is 77.9 Å². The van der Waals surface area contributed by atoms with Crippen LogP contribution >= 0.6 is 0 Å². The van der Waals surface area contributed by atoms with Crippen LogP contribution in [0.25, 0.3) is 0 Å². The SMILES string of the molecule is C=C(C)[C@@H]1CC[C@]23CC=C[C@H]4[C@@H]([C@]5(O)[C@H](CCc6ccccc6)CCC56CCCC6)CC[C@@]42C=CC(C)=C3C1. The van der Waals surface area contributed by atoms with E-state index in [1.54, 1.807) is 5.57 Å². The molecule has 39 heavy (non-hydrogen) atoms. The molecule has 6 aliphatic carbocycles. The normalized spacial score (nSPS) is 42.0. The van der Waals surface area contributed by atoms with Crippen molar-refractivity contribution in [3.05, 3.63) is 83.5 Å². The van der Waals surface area contributed by atoms with Crippen molar-refractivity contribution in [3.63, 3.8) is 0 Å². The van der Waals surface area contributed by atoms with Gasteiger partial charge < -0.3 is 5.11 Å². The van der Waals surface area contributed by atoms with Crippen molar-refractivity contribution in [2.75, 3.05) is 0 Å². The van der Waals surface area contributed by atoms with Gasteiger partial charge in [0.15, 0.2) is 0 Å². The van der Waals surface area contributed by atoms with E-state index in [4.69, 9.17) is 0 Å². The first-order valence-electron chi connectivity index (χ1n) is 16.3. The maximum Gasteiger partial charge on any atom is 0.0765 e. The largest absolute Gasteiger partial charge is 0.389 e. The fraction of sp³-hybridized carbons (Fsp3) is 0.632. The molecule has 0 saturated heterocycles. The maximum absolute atomic E-state index is 13.4. The monoisotopic (exact) mass is 522 g/mol. The second kappa shape index (κ2) is 9.34. The van der Waals surface area contributed by atoms with E-state index in [2.05, 4.69) is 75.1 Å². The van der Waals surface area contributed by atoms with Gasteiger partial charge in [0.25, 0.3) is 0 Å². The number of hydrogen-bond acceptors (Lipinski definition) is 1. The minimum absolute atomic E-state index is 0.146. The van der Waals surface area contributed by atoms with Gasteiger partial charge in [-0.1, -0.05) is 90.8 Å². The van der Waals surface area contributed by atoms with Gasteiger partial charge in [0.1, 0.15) is 0 Å². The average molecular weight is 523 g/mol. The van der Waals surface area contributed by atoms with Gasteiger partial charge in [-0.05, 0) is 126 Å². The molecule has 1 aromatic carbocycles. The molecule has 0 bridgehead atoms. The van der Waals surface area contributed by atoms with Crippen LogP contribution in [0.5, 0.6) is 0 Å². The minimum atomic E-state index is -0.533. The summed E-state index contributed by atoms with van der Waals surface area (Å²) in [4.78, 5) is 0. The van der Waals surface area contributed by atoms with Crippen molar-refractivity contribution in [3.8, 4) is 0 Å². The predicted molar refractivity (Wildman–Crippen MR) is 162 cm³/mol. The van der Waals surface area contributed by atoms with Crippen molar-refractivity contribution >= 4 is 0 Å². The van der Waals surface area contributed by atoms with Gasteiger partial charge in [0.05, 0.1) is 5.60 Å². The zero-order valence-electron chi connectivity index (χ0n) is 24.6. The molecule has 208 valence electrons. The summed E-state index contributed by atoms with van der Waals surface area (Å²) in [5.74, 6) is 1.90. The lowest BCUT2D eigenvalue weighted by atomic mass is 9.44. The molecule has 3 spiro atoms. The first kappa shape index (κ1) is 26.1. The van der Waals surface area contributed by atoms with Gasteiger partial charge in [0, 0.05) is 10.8 Å². The van der Waals surface area contributed by atoms with Gasteiger partial charge in [-0.3, -0.25) is 0 Å². The van der Waals surface area contributed by atoms with E-state index in [1.165, 1.54) is 93.8 Å². The summed E-state index contributed by atoms with van der Waals surface area (Å²) >= 11 is 0. The molecule has 1 nitrogen and oxygen atoms in total. The molecule has 1 N–H and O–H groups in total. The Balaban J connectivity index is 1.26. The third-order valence-corrected chi connectivity index (χ3v) is 13.5. The average Bonchev–Trinajstić information content (AvgIpc) is 3.65. The zero-order chi connectivity index (χ0) is 26.9. The molecule has 7 atom stereocenters. The molecule has 0 radical (unpaired) electrons. The van der Waals surface area contributed by atoms with E-state index in [0.717, 1.165) is 12.8 Å². The molecular weight excluding hydrogens is 472 g/mol. The molecule has 0 unspecified atom stereocenters. The lowest BCUT2D eigenvalue weighted by Crippen LogP contribution is -2.57. The Bertz CT molecular complexity index is 1210. The maximum atomic E-state index is 13.4. The minimum Gasteiger partial charge on any atom is -0.389 e. The van der Waals surface area contributed by atoms with Gasteiger partial charge in [-0.2, -0.15) is 0 Å². The van der Waals surface area contributed by atoms with Crippen LogP contribution in [-0.2, 0) is 6.42 Å². The topological polar surface area (TPSA) is 20.2 Å². The first-order valence-corrected chi connectivity index (χ1v) is 16.3. The Morgan fingerprint density at radius 1 is 1.00 bits per heavy atom. The van der Waals surface area contributed by atoms with Crippen molar-refractivity contribution in [1.82, 2.24) is 0 Å². The highest BCUT2D eigenvalue weighted by molar-refractivity contribution is 5.45.